The van der Waals surface area contributed by atoms with Crippen LogP contribution in [0.1, 0.15) is 45.2 Å². The van der Waals surface area contributed by atoms with E-state index < -0.39 is 0 Å². The van der Waals surface area contributed by atoms with Crippen molar-refractivity contribution in [3.8, 4) is 0 Å². The molecule has 0 fully saturated rings. The zero-order valence-electron chi connectivity index (χ0n) is 12.0. The molecule has 96 valence electrons. The minimum absolute atomic E-state index is 0.269. The van der Waals surface area contributed by atoms with Gasteiger partial charge in [-0.15, -0.1) is 0 Å². The second-order valence-corrected chi connectivity index (χ2v) is 6.39. The fourth-order valence-electron chi connectivity index (χ4n) is 2.01. The first-order chi connectivity index (χ1) is 7.80. The van der Waals surface area contributed by atoms with Crippen molar-refractivity contribution in [3.05, 3.63) is 35.4 Å². The maximum Gasteiger partial charge on any atom is 0.00821 e. The molecule has 17 heavy (non-hydrogen) atoms. The molecule has 0 aliphatic rings. The monoisotopic (exact) mass is 233 g/mol. The zero-order chi connectivity index (χ0) is 13.1. The van der Waals surface area contributed by atoms with Crippen molar-refractivity contribution in [1.82, 2.24) is 0 Å². The Morgan fingerprint density at radius 2 is 1.76 bits per heavy atom. The van der Waals surface area contributed by atoms with Crippen molar-refractivity contribution in [2.45, 2.75) is 53.5 Å². The van der Waals surface area contributed by atoms with E-state index in [4.69, 9.17) is 5.73 Å². The molecule has 1 heteroatoms. The highest BCUT2D eigenvalue weighted by molar-refractivity contribution is 5.26. The highest BCUT2D eigenvalue weighted by atomic mass is 14.6. The van der Waals surface area contributed by atoms with Crippen LogP contribution in [-0.2, 0) is 6.42 Å². The number of nitrogens with two attached hydrogens (primary N) is 1. The van der Waals surface area contributed by atoms with E-state index in [0.29, 0.717) is 11.3 Å². The van der Waals surface area contributed by atoms with Crippen LogP contribution in [0.2, 0.25) is 0 Å². The van der Waals surface area contributed by atoms with Crippen LogP contribution in [0.4, 0.5) is 0 Å². The third-order valence-electron chi connectivity index (χ3n) is 3.88. The van der Waals surface area contributed by atoms with Gasteiger partial charge in [0.2, 0.25) is 0 Å². The molecule has 0 saturated heterocycles. The molecule has 1 nitrogen and oxygen atoms in total. The van der Waals surface area contributed by atoms with Crippen LogP contribution < -0.4 is 5.73 Å². The van der Waals surface area contributed by atoms with Crippen molar-refractivity contribution in [2.24, 2.45) is 17.1 Å². The predicted molar refractivity (Wildman–Crippen MR) is 76.1 cm³/mol. The molecule has 2 atom stereocenters. The topological polar surface area (TPSA) is 26.0 Å². The minimum atomic E-state index is 0.269. The van der Waals surface area contributed by atoms with E-state index >= 15 is 0 Å². The number of hydrogen-bond acceptors (Lipinski definition) is 1. The van der Waals surface area contributed by atoms with E-state index in [1.165, 1.54) is 11.1 Å². The molecule has 2 N–H and O–H groups in total. The lowest BCUT2D eigenvalue weighted by atomic mass is 9.78. The van der Waals surface area contributed by atoms with Gasteiger partial charge in [-0.2, -0.15) is 0 Å². The van der Waals surface area contributed by atoms with Crippen LogP contribution >= 0.6 is 0 Å². The third kappa shape index (κ3) is 4.51. The summed E-state index contributed by atoms with van der Waals surface area (Å²) in [4.78, 5) is 0. The molecule has 0 amide bonds. The molecule has 0 saturated carbocycles. The van der Waals surface area contributed by atoms with Gasteiger partial charge in [-0.1, -0.05) is 52.0 Å². The van der Waals surface area contributed by atoms with E-state index in [9.17, 15) is 0 Å². The fraction of sp³-hybridized carbons (Fsp3) is 0.625. The summed E-state index contributed by atoms with van der Waals surface area (Å²) in [5, 5.41) is 0. The molecule has 0 spiro atoms. The van der Waals surface area contributed by atoms with Gasteiger partial charge in [0.05, 0.1) is 0 Å². The second-order valence-electron chi connectivity index (χ2n) is 6.39. The van der Waals surface area contributed by atoms with Gasteiger partial charge in [0.15, 0.2) is 0 Å². The second kappa shape index (κ2) is 5.68. The normalized spacial score (nSPS) is 15.6. The molecule has 0 aliphatic heterocycles. The first-order valence-electron chi connectivity index (χ1n) is 6.61. The lowest BCUT2D eigenvalue weighted by Crippen LogP contribution is -2.30. The Kier molecular flexibility index (Phi) is 4.76. The van der Waals surface area contributed by atoms with Crippen LogP contribution in [0.3, 0.4) is 0 Å². The number of aryl methyl sites for hydroxylation is 1. The van der Waals surface area contributed by atoms with E-state index in [1.807, 2.05) is 0 Å². The van der Waals surface area contributed by atoms with E-state index in [-0.39, 0.29) is 6.04 Å². The van der Waals surface area contributed by atoms with Gasteiger partial charge in [0.25, 0.3) is 0 Å². The Bertz CT molecular complexity index is 349. The zero-order valence-corrected chi connectivity index (χ0v) is 12.0. The van der Waals surface area contributed by atoms with Crippen LogP contribution in [-0.4, -0.2) is 6.04 Å². The molecule has 0 bridgehead atoms. The molecule has 0 heterocycles. The summed E-state index contributed by atoms with van der Waals surface area (Å²) < 4.78 is 0. The summed E-state index contributed by atoms with van der Waals surface area (Å²) >= 11 is 0. The SMILES string of the molecule is Cc1ccccc1CC(N)CC(C)C(C)(C)C. The van der Waals surface area contributed by atoms with E-state index in [0.717, 1.165) is 12.8 Å². The molecular formula is C16H27N. The summed E-state index contributed by atoms with van der Waals surface area (Å²) in [6.45, 7) is 11.3. The van der Waals surface area contributed by atoms with E-state index in [2.05, 4.69) is 58.9 Å². The van der Waals surface area contributed by atoms with Gasteiger partial charge in [-0.3, -0.25) is 0 Å². The van der Waals surface area contributed by atoms with Gasteiger partial charge in [0.1, 0.15) is 0 Å². The Labute approximate surface area is 106 Å². The summed E-state index contributed by atoms with van der Waals surface area (Å²) in [6, 6.07) is 8.81. The lowest BCUT2D eigenvalue weighted by Gasteiger charge is -2.29. The lowest BCUT2D eigenvalue weighted by molar-refractivity contribution is 0.233. The van der Waals surface area contributed by atoms with Crippen LogP contribution in [0, 0.1) is 18.3 Å². The number of hydrogen-bond donors (Lipinski definition) is 1. The van der Waals surface area contributed by atoms with Crippen LogP contribution in [0.25, 0.3) is 0 Å². The maximum absolute atomic E-state index is 6.27. The van der Waals surface area contributed by atoms with Crippen molar-refractivity contribution in [2.75, 3.05) is 0 Å². The van der Waals surface area contributed by atoms with Crippen molar-refractivity contribution >= 4 is 0 Å². The Morgan fingerprint density at radius 3 is 2.29 bits per heavy atom. The van der Waals surface area contributed by atoms with Crippen molar-refractivity contribution < 1.29 is 0 Å². The molecule has 0 aromatic heterocycles. The summed E-state index contributed by atoms with van der Waals surface area (Å²) in [7, 11) is 0. The van der Waals surface area contributed by atoms with Crippen LogP contribution in [0.15, 0.2) is 24.3 Å². The Morgan fingerprint density at radius 1 is 1.18 bits per heavy atom. The predicted octanol–water partition coefficient (Wildman–Crippen LogP) is 3.94. The largest absolute Gasteiger partial charge is 0.327 e. The van der Waals surface area contributed by atoms with Gasteiger partial charge in [-0.05, 0) is 42.2 Å². The molecule has 1 aromatic carbocycles. The summed E-state index contributed by atoms with van der Waals surface area (Å²) in [5.41, 5.74) is 9.37. The average molecular weight is 233 g/mol. The summed E-state index contributed by atoms with van der Waals surface area (Å²) in [6.07, 6.45) is 2.09. The highest BCUT2D eigenvalue weighted by Crippen LogP contribution is 2.29. The van der Waals surface area contributed by atoms with Crippen molar-refractivity contribution in [3.63, 3.8) is 0 Å². The molecule has 1 aromatic rings. The third-order valence-corrected chi connectivity index (χ3v) is 3.88. The maximum atomic E-state index is 6.27. The molecule has 1 rings (SSSR count). The Balaban J connectivity index is 2.56. The first-order valence-corrected chi connectivity index (χ1v) is 6.61. The standard InChI is InChI=1S/C16H27N/c1-12-8-6-7-9-14(12)11-15(17)10-13(2)16(3,4)5/h6-9,13,15H,10-11,17H2,1-5H3. The number of benzene rings is 1. The minimum Gasteiger partial charge on any atom is -0.327 e. The molecule has 2 unspecified atom stereocenters. The van der Waals surface area contributed by atoms with Crippen molar-refractivity contribution in [1.29, 1.82) is 0 Å². The first kappa shape index (κ1) is 14.2. The highest BCUT2D eigenvalue weighted by Gasteiger charge is 2.22. The van der Waals surface area contributed by atoms with Gasteiger partial charge < -0.3 is 5.73 Å². The average Bonchev–Trinajstić information content (AvgIpc) is 2.20. The quantitative estimate of drug-likeness (QED) is 0.837. The number of rotatable bonds is 4. The van der Waals surface area contributed by atoms with Gasteiger partial charge in [0, 0.05) is 6.04 Å². The summed E-state index contributed by atoms with van der Waals surface area (Å²) in [5.74, 6) is 0.654. The fourth-order valence-corrected chi connectivity index (χ4v) is 2.01. The van der Waals surface area contributed by atoms with E-state index in [1.54, 1.807) is 0 Å². The van der Waals surface area contributed by atoms with Gasteiger partial charge >= 0.3 is 0 Å². The van der Waals surface area contributed by atoms with Gasteiger partial charge in [-0.25, -0.2) is 0 Å². The Hall–Kier alpha value is -0.820. The van der Waals surface area contributed by atoms with Crippen LogP contribution in [0.5, 0.6) is 0 Å². The molecular weight excluding hydrogens is 206 g/mol. The molecule has 0 aliphatic carbocycles. The molecule has 0 radical (unpaired) electrons. The smallest absolute Gasteiger partial charge is 0.00821 e.